The lowest BCUT2D eigenvalue weighted by molar-refractivity contribution is -0.176. The van der Waals surface area contributed by atoms with Gasteiger partial charge in [-0.1, -0.05) is 27.2 Å². The molecule has 0 aromatic rings. The summed E-state index contributed by atoms with van der Waals surface area (Å²) in [4.78, 5) is 12.3. The molecule has 0 spiro atoms. The lowest BCUT2D eigenvalue weighted by Crippen LogP contribution is -2.58. The van der Waals surface area contributed by atoms with Gasteiger partial charge in [0.05, 0.1) is 6.10 Å². The standard InChI is InChI=1S/C23H38O2/c1-14-8-10-22(3)16(12-14)13-20(25-5)21-18-7-6-17(15(2)24)23(18,4)11-9-19(21)22/h14,16-21H,6-13H2,1-5H3/t14?,16?,17-,18?,19?,20?,21?,22?,23?/m1/s1. The van der Waals surface area contributed by atoms with Gasteiger partial charge in [0, 0.05) is 13.0 Å². The molecule has 9 atom stereocenters. The van der Waals surface area contributed by atoms with E-state index in [-0.39, 0.29) is 5.41 Å². The summed E-state index contributed by atoms with van der Waals surface area (Å²) in [6.45, 7) is 9.34. The number of methoxy groups -OCH3 is 1. The molecule has 0 radical (unpaired) electrons. The summed E-state index contributed by atoms with van der Waals surface area (Å²) in [5.74, 6) is 4.65. The highest BCUT2D eigenvalue weighted by atomic mass is 16.5. The van der Waals surface area contributed by atoms with Gasteiger partial charge in [-0.25, -0.2) is 0 Å². The van der Waals surface area contributed by atoms with Gasteiger partial charge >= 0.3 is 0 Å². The summed E-state index contributed by atoms with van der Waals surface area (Å²) >= 11 is 0. The number of hydrogen-bond donors (Lipinski definition) is 0. The maximum Gasteiger partial charge on any atom is 0.133 e. The van der Waals surface area contributed by atoms with E-state index in [4.69, 9.17) is 4.74 Å². The molecule has 4 rings (SSSR count). The first kappa shape index (κ1) is 18.0. The maximum atomic E-state index is 12.3. The van der Waals surface area contributed by atoms with Crippen molar-refractivity contribution in [3.8, 4) is 0 Å². The van der Waals surface area contributed by atoms with Crippen LogP contribution < -0.4 is 0 Å². The minimum Gasteiger partial charge on any atom is -0.381 e. The second-order valence-electron chi connectivity index (χ2n) is 10.7. The SMILES string of the molecule is COC1CC2CC(C)CCC2(C)C2CCC3(C)C(CC[C@@H]3C(C)=O)C12. The Hall–Kier alpha value is -0.370. The summed E-state index contributed by atoms with van der Waals surface area (Å²) in [6, 6.07) is 0. The third kappa shape index (κ3) is 2.49. The Balaban J connectivity index is 1.69. The van der Waals surface area contributed by atoms with E-state index in [1.54, 1.807) is 0 Å². The zero-order chi connectivity index (χ0) is 18.0. The first-order valence-electron chi connectivity index (χ1n) is 10.8. The van der Waals surface area contributed by atoms with Gasteiger partial charge in [-0.05, 0) is 92.3 Å². The predicted octanol–water partition coefficient (Wildman–Crippen LogP) is 5.50. The van der Waals surface area contributed by atoms with Gasteiger partial charge in [0.25, 0.3) is 0 Å². The van der Waals surface area contributed by atoms with E-state index in [1.165, 1.54) is 44.9 Å². The van der Waals surface area contributed by atoms with Crippen molar-refractivity contribution in [1.29, 1.82) is 0 Å². The number of hydrogen-bond acceptors (Lipinski definition) is 2. The number of ketones is 1. The molecule has 4 saturated carbocycles. The maximum absolute atomic E-state index is 12.3. The number of carbonyl (C=O) groups excluding carboxylic acids is 1. The molecule has 4 aliphatic carbocycles. The zero-order valence-corrected chi connectivity index (χ0v) is 17.0. The Morgan fingerprint density at radius 1 is 0.960 bits per heavy atom. The molecule has 8 unspecified atom stereocenters. The van der Waals surface area contributed by atoms with E-state index in [9.17, 15) is 4.79 Å². The Morgan fingerprint density at radius 2 is 1.64 bits per heavy atom. The van der Waals surface area contributed by atoms with Crippen molar-refractivity contribution in [1.82, 2.24) is 0 Å². The van der Waals surface area contributed by atoms with Gasteiger partial charge < -0.3 is 4.74 Å². The fourth-order valence-corrected chi connectivity index (χ4v) is 8.33. The van der Waals surface area contributed by atoms with Crippen LogP contribution in [0.5, 0.6) is 0 Å². The van der Waals surface area contributed by atoms with E-state index in [0.29, 0.717) is 35.1 Å². The minimum atomic E-state index is 0.231. The lowest BCUT2D eigenvalue weighted by Gasteiger charge is -2.62. The second kappa shape index (κ2) is 6.08. The van der Waals surface area contributed by atoms with E-state index in [2.05, 4.69) is 20.8 Å². The molecule has 0 saturated heterocycles. The Kier molecular flexibility index (Phi) is 4.38. The normalized spacial score (nSPS) is 55.2. The van der Waals surface area contributed by atoms with Gasteiger partial charge in [-0.2, -0.15) is 0 Å². The van der Waals surface area contributed by atoms with Crippen LogP contribution in [0.4, 0.5) is 0 Å². The fourth-order valence-electron chi connectivity index (χ4n) is 8.33. The van der Waals surface area contributed by atoms with Gasteiger partial charge in [0.15, 0.2) is 0 Å². The highest BCUT2D eigenvalue weighted by Gasteiger charge is 2.63. The average molecular weight is 347 g/mol. The second-order valence-corrected chi connectivity index (χ2v) is 10.7. The van der Waals surface area contributed by atoms with Crippen molar-refractivity contribution in [3.05, 3.63) is 0 Å². The van der Waals surface area contributed by atoms with Crippen LogP contribution in [0.2, 0.25) is 0 Å². The van der Waals surface area contributed by atoms with Crippen LogP contribution in [0.1, 0.15) is 79.1 Å². The summed E-state index contributed by atoms with van der Waals surface area (Å²) in [7, 11) is 1.94. The largest absolute Gasteiger partial charge is 0.381 e. The topological polar surface area (TPSA) is 26.3 Å². The third-order valence-corrected chi connectivity index (χ3v) is 9.71. The number of Topliss-reactive ketones (excluding diaryl/α,β-unsaturated/α-hetero) is 1. The highest BCUT2D eigenvalue weighted by Crippen LogP contribution is 2.68. The fraction of sp³-hybridized carbons (Fsp3) is 0.957. The van der Waals surface area contributed by atoms with Gasteiger partial charge in [-0.15, -0.1) is 0 Å². The van der Waals surface area contributed by atoms with Crippen LogP contribution in [0.15, 0.2) is 0 Å². The van der Waals surface area contributed by atoms with E-state index < -0.39 is 0 Å². The van der Waals surface area contributed by atoms with Crippen molar-refractivity contribution < 1.29 is 9.53 Å². The number of fused-ring (bicyclic) bond motifs is 5. The molecule has 25 heavy (non-hydrogen) atoms. The molecule has 0 aromatic carbocycles. The lowest BCUT2D eigenvalue weighted by atomic mass is 9.43. The van der Waals surface area contributed by atoms with Crippen LogP contribution in [-0.4, -0.2) is 19.0 Å². The monoisotopic (exact) mass is 346 g/mol. The third-order valence-electron chi connectivity index (χ3n) is 9.71. The Morgan fingerprint density at radius 3 is 2.32 bits per heavy atom. The van der Waals surface area contributed by atoms with Crippen molar-refractivity contribution in [2.45, 2.75) is 85.2 Å². The molecule has 0 N–H and O–H groups in total. The van der Waals surface area contributed by atoms with Gasteiger partial charge in [-0.3, -0.25) is 4.79 Å². The molecule has 0 aromatic heterocycles. The Labute approximate surface area is 154 Å². The molecular formula is C23H38O2. The van der Waals surface area contributed by atoms with Crippen molar-refractivity contribution in [3.63, 3.8) is 0 Å². The van der Waals surface area contributed by atoms with Gasteiger partial charge in [0.1, 0.15) is 5.78 Å². The molecular weight excluding hydrogens is 308 g/mol. The van der Waals surface area contributed by atoms with E-state index in [1.807, 2.05) is 14.0 Å². The molecule has 2 heteroatoms. The van der Waals surface area contributed by atoms with Crippen molar-refractivity contribution in [2.24, 2.45) is 46.3 Å². The molecule has 0 heterocycles. The Bertz CT molecular complexity index is 542. The van der Waals surface area contributed by atoms with Gasteiger partial charge in [0.2, 0.25) is 0 Å². The van der Waals surface area contributed by atoms with E-state index >= 15 is 0 Å². The number of ether oxygens (including phenoxy) is 1. The van der Waals surface area contributed by atoms with Crippen molar-refractivity contribution in [2.75, 3.05) is 7.11 Å². The van der Waals surface area contributed by atoms with Crippen LogP contribution in [0.25, 0.3) is 0 Å². The van der Waals surface area contributed by atoms with Crippen LogP contribution >= 0.6 is 0 Å². The van der Waals surface area contributed by atoms with E-state index in [0.717, 1.165) is 24.2 Å². The number of carbonyl (C=O) groups is 1. The summed E-state index contributed by atoms with van der Waals surface area (Å²) in [5.41, 5.74) is 0.747. The molecule has 2 nitrogen and oxygen atoms in total. The predicted molar refractivity (Wildman–Crippen MR) is 101 cm³/mol. The summed E-state index contributed by atoms with van der Waals surface area (Å²) in [5, 5.41) is 0. The zero-order valence-electron chi connectivity index (χ0n) is 17.0. The molecule has 0 aliphatic heterocycles. The quantitative estimate of drug-likeness (QED) is 0.660. The summed E-state index contributed by atoms with van der Waals surface area (Å²) in [6.07, 6.45) is 10.9. The van der Waals surface area contributed by atoms with Crippen LogP contribution in [0, 0.1) is 46.3 Å². The molecule has 142 valence electrons. The molecule has 0 bridgehead atoms. The molecule has 0 amide bonds. The number of rotatable bonds is 2. The first-order valence-corrected chi connectivity index (χ1v) is 10.8. The van der Waals surface area contributed by atoms with Crippen molar-refractivity contribution >= 4 is 5.78 Å². The molecule has 4 fully saturated rings. The summed E-state index contributed by atoms with van der Waals surface area (Å²) < 4.78 is 6.15. The first-order chi connectivity index (χ1) is 11.8. The highest BCUT2D eigenvalue weighted by molar-refractivity contribution is 5.79. The molecule has 4 aliphatic rings. The van der Waals surface area contributed by atoms with Crippen LogP contribution in [-0.2, 0) is 9.53 Å². The van der Waals surface area contributed by atoms with Crippen LogP contribution in [0.3, 0.4) is 0 Å². The smallest absolute Gasteiger partial charge is 0.133 e. The minimum absolute atomic E-state index is 0.231. The average Bonchev–Trinajstić information content (AvgIpc) is 2.92.